The monoisotopic (exact) mass is 329 g/mol. The van der Waals surface area contributed by atoms with E-state index < -0.39 is 0 Å². The smallest absolute Gasteiger partial charge is 0.226 e. The Kier molecular flexibility index (Phi) is 3.69. The van der Waals surface area contributed by atoms with E-state index in [0.717, 1.165) is 29.0 Å². The van der Waals surface area contributed by atoms with Crippen LogP contribution in [0.5, 0.6) is 5.75 Å². The molecule has 23 heavy (non-hydrogen) atoms. The van der Waals surface area contributed by atoms with Crippen molar-refractivity contribution >= 4 is 28.2 Å². The first-order chi connectivity index (χ1) is 11.2. The van der Waals surface area contributed by atoms with E-state index in [1.165, 1.54) is 24.2 Å². The second-order valence-corrected chi connectivity index (χ2v) is 7.23. The van der Waals surface area contributed by atoms with Gasteiger partial charge in [-0.1, -0.05) is 23.5 Å². The zero-order chi connectivity index (χ0) is 15.8. The molecule has 2 aromatic rings. The summed E-state index contributed by atoms with van der Waals surface area (Å²) in [4.78, 5) is 17.1. The number of carbonyl (C=O) groups excluding carboxylic acids is 1. The number of nitrogen functional groups attached to an aromatic ring is 1. The van der Waals surface area contributed by atoms with Gasteiger partial charge >= 0.3 is 0 Å². The molecular weight excluding hydrogens is 310 g/mol. The van der Waals surface area contributed by atoms with E-state index in [9.17, 15) is 4.79 Å². The zero-order valence-electron chi connectivity index (χ0n) is 12.7. The largest absolute Gasteiger partial charge is 0.490 e. The molecule has 1 aliphatic carbocycles. The zero-order valence-corrected chi connectivity index (χ0v) is 13.6. The minimum absolute atomic E-state index is 0.0147. The van der Waals surface area contributed by atoms with Crippen molar-refractivity contribution in [2.75, 3.05) is 11.1 Å². The van der Waals surface area contributed by atoms with Crippen LogP contribution in [0.15, 0.2) is 24.3 Å². The number of ether oxygens (including phenoxy) is 1. The topological polar surface area (TPSA) is 77.2 Å². The van der Waals surface area contributed by atoms with E-state index in [-0.39, 0.29) is 11.8 Å². The van der Waals surface area contributed by atoms with Gasteiger partial charge in [-0.2, -0.15) is 0 Å². The van der Waals surface area contributed by atoms with Crippen LogP contribution in [0.3, 0.4) is 0 Å². The Balaban J connectivity index is 1.56. The summed E-state index contributed by atoms with van der Waals surface area (Å²) < 4.78 is 6.00. The first kappa shape index (κ1) is 14.5. The normalized spacial score (nSPS) is 21.0. The number of benzene rings is 1. The van der Waals surface area contributed by atoms with Crippen LogP contribution >= 0.6 is 11.3 Å². The maximum Gasteiger partial charge on any atom is 0.226 e. The van der Waals surface area contributed by atoms with Gasteiger partial charge in [-0.05, 0) is 43.4 Å². The fraction of sp³-hybridized carbons (Fsp3) is 0.412. The molecule has 0 unspecified atom stereocenters. The van der Waals surface area contributed by atoms with E-state index in [4.69, 9.17) is 10.5 Å². The Morgan fingerprint density at radius 1 is 1.22 bits per heavy atom. The summed E-state index contributed by atoms with van der Waals surface area (Å²) in [5.41, 5.74) is 6.90. The van der Waals surface area contributed by atoms with E-state index >= 15 is 0 Å². The number of thiazole rings is 1. The Morgan fingerprint density at radius 3 is 2.70 bits per heavy atom. The molecular formula is C17H19N3O2S. The van der Waals surface area contributed by atoms with Gasteiger partial charge in [0.05, 0.1) is 11.0 Å². The van der Waals surface area contributed by atoms with Gasteiger partial charge < -0.3 is 15.8 Å². The highest BCUT2D eigenvalue weighted by atomic mass is 32.1. The summed E-state index contributed by atoms with van der Waals surface area (Å²) >= 11 is 1.45. The highest BCUT2D eigenvalue weighted by molar-refractivity contribution is 7.16. The third kappa shape index (κ3) is 2.91. The Bertz CT molecular complexity index is 720. The lowest BCUT2D eigenvalue weighted by atomic mass is 9.91. The minimum Gasteiger partial charge on any atom is -0.490 e. The van der Waals surface area contributed by atoms with Gasteiger partial charge in [0, 0.05) is 12.3 Å². The van der Waals surface area contributed by atoms with Crippen molar-refractivity contribution in [2.24, 2.45) is 0 Å². The molecule has 5 nitrogen and oxygen atoms in total. The van der Waals surface area contributed by atoms with E-state index in [1.54, 1.807) is 0 Å². The molecule has 1 amide bonds. The molecule has 1 atom stereocenters. The number of nitrogens with two attached hydrogens (primary N) is 1. The lowest BCUT2D eigenvalue weighted by Gasteiger charge is -2.22. The van der Waals surface area contributed by atoms with Crippen LogP contribution in [0.25, 0.3) is 0 Å². The number of hydrogen-bond acceptors (Lipinski definition) is 5. The summed E-state index contributed by atoms with van der Waals surface area (Å²) in [5.74, 6) is 1.53. The summed E-state index contributed by atoms with van der Waals surface area (Å²) in [5, 5.41) is 3.29. The SMILES string of the molecule is Nc1nc2c(s1)[C@H](c1ccc(OC3CCCC3)cc1)CC(=O)N2. The van der Waals surface area contributed by atoms with Gasteiger partial charge in [-0.25, -0.2) is 4.98 Å². The van der Waals surface area contributed by atoms with E-state index in [0.29, 0.717) is 23.5 Å². The molecule has 6 heteroatoms. The average Bonchev–Trinajstić information content (AvgIpc) is 3.16. The highest BCUT2D eigenvalue weighted by Crippen LogP contribution is 2.41. The summed E-state index contributed by atoms with van der Waals surface area (Å²) in [7, 11) is 0. The van der Waals surface area contributed by atoms with Crippen LogP contribution in [0, 0.1) is 0 Å². The second kappa shape index (κ2) is 5.85. The number of nitrogens with zero attached hydrogens (tertiary/aromatic N) is 1. The van der Waals surface area contributed by atoms with Crippen LogP contribution in [-0.4, -0.2) is 17.0 Å². The lowest BCUT2D eigenvalue weighted by molar-refractivity contribution is -0.116. The predicted octanol–water partition coefficient (Wildman–Crippen LogP) is 3.52. The standard InChI is InChI=1S/C17H19N3O2S/c18-17-20-16-15(23-17)13(9-14(21)19-16)10-5-7-12(8-6-10)22-11-3-1-2-4-11/h5-8,11,13H,1-4,9H2,(H2,18,20)(H,19,21)/t13-/m0/s1. The number of rotatable bonds is 3. The van der Waals surface area contributed by atoms with E-state index in [2.05, 4.69) is 10.3 Å². The average molecular weight is 329 g/mol. The molecule has 0 radical (unpaired) electrons. The summed E-state index contributed by atoms with van der Waals surface area (Å²) in [6, 6.07) is 8.11. The molecule has 1 saturated carbocycles. The van der Waals surface area contributed by atoms with Crippen LogP contribution in [-0.2, 0) is 4.79 Å². The molecule has 0 bridgehead atoms. The van der Waals surface area contributed by atoms with Crippen molar-refractivity contribution in [2.45, 2.75) is 44.1 Å². The van der Waals surface area contributed by atoms with Crippen molar-refractivity contribution < 1.29 is 9.53 Å². The molecule has 2 heterocycles. The van der Waals surface area contributed by atoms with Crippen molar-refractivity contribution in [3.63, 3.8) is 0 Å². The molecule has 1 fully saturated rings. The Labute approximate surface area is 138 Å². The van der Waals surface area contributed by atoms with Crippen LogP contribution < -0.4 is 15.8 Å². The molecule has 1 aromatic carbocycles. The van der Waals surface area contributed by atoms with Crippen LogP contribution in [0.2, 0.25) is 0 Å². The van der Waals surface area contributed by atoms with Crippen LogP contribution in [0.4, 0.5) is 10.9 Å². The van der Waals surface area contributed by atoms with Gasteiger partial charge in [0.25, 0.3) is 0 Å². The summed E-state index contributed by atoms with van der Waals surface area (Å²) in [6.07, 6.45) is 5.60. The first-order valence-electron chi connectivity index (χ1n) is 8.02. The Morgan fingerprint density at radius 2 is 1.96 bits per heavy atom. The fourth-order valence-electron chi connectivity index (χ4n) is 3.38. The van der Waals surface area contributed by atoms with E-state index in [1.807, 2.05) is 24.3 Å². The van der Waals surface area contributed by atoms with Crippen molar-refractivity contribution in [1.82, 2.24) is 4.98 Å². The number of hydrogen-bond donors (Lipinski definition) is 2. The van der Waals surface area contributed by atoms with Gasteiger partial charge in [-0.3, -0.25) is 4.79 Å². The second-order valence-electron chi connectivity index (χ2n) is 6.16. The number of amides is 1. The van der Waals surface area contributed by atoms with Crippen molar-refractivity contribution in [3.8, 4) is 5.75 Å². The third-order valence-electron chi connectivity index (χ3n) is 4.52. The first-order valence-corrected chi connectivity index (χ1v) is 8.83. The number of carbonyl (C=O) groups is 1. The molecule has 2 aliphatic rings. The molecule has 3 N–H and O–H groups in total. The highest BCUT2D eigenvalue weighted by Gasteiger charge is 2.30. The fourth-order valence-corrected chi connectivity index (χ4v) is 4.30. The quantitative estimate of drug-likeness (QED) is 0.903. The van der Waals surface area contributed by atoms with Crippen molar-refractivity contribution in [3.05, 3.63) is 34.7 Å². The Hall–Kier alpha value is -2.08. The van der Waals surface area contributed by atoms with Gasteiger partial charge in [0.1, 0.15) is 11.6 Å². The van der Waals surface area contributed by atoms with Gasteiger partial charge in [0.15, 0.2) is 5.13 Å². The third-order valence-corrected chi connectivity index (χ3v) is 5.52. The number of anilines is 2. The van der Waals surface area contributed by atoms with Crippen molar-refractivity contribution in [1.29, 1.82) is 0 Å². The number of nitrogens with one attached hydrogen (secondary N) is 1. The van der Waals surface area contributed by atoms with Crippen LogP contribution in [0.1, 0.15) is 48.5 Å². The van der Waals surface area contributed by atoms with Gasteiger partial charge in [0.2, 0.25) is 5.91 Å². The molecule has 4 rings (SSSR count). The molecule has 120 valence electrons. The van der Waals surface area contributed by atoms with Gasteiger partial charge in [-0.15, -0.1) is 0 Å². The maximum atomic E-state index is 11.9. The molecule has 0 spiro atoms. The minimum atomic E-state index is -0.0147. The molecule has 0 saturated heterocycles. The lowest BCUT2D eigenvalue weighted by Crippen LogP contribution is -2.22. The predicted molar refractivity (Wildman–Crippen MR) is 90.9 cm³/mol. The number of fused-ring (bicyclic) bond motifs is 1. The molecule has 1 aliphatic heterocycles. The maximum absolute atomic E-state index is 11.9. The molecule has 1 aromatic heterocycles. The number of aromatic nitrogens is 1. The summed E-state index contributed by atoms with van der Waals surface area (Å²) in [6.45, 7) is 0.